The molecule has 1 aromatic carbocycles. The molecule has 0 radical (unpaired) electrons. The maximum atomic E-state index is 12.1. The summed E-state index contributed by atoms with van der Waals surface area (Å²) in [4.78, 5) is 0.375. The monoisotopic (exact) mass is 292 g/mol. The summed E-state index contributed by atoms with van der Waals surface area (Å²) in [7, 11) is -3.29. The predicted octanol–water partition coefficient (Wildman–Crippen LogP) is 4.67. The van der Waals surface area contributed by atoms with E-state index in [9.17, 15) is 8.42 Å². The quantitative estimate of drug-likeness (QED) is 0.489. The summed E-state index contributed by atoms with van der Waals surface area (Å²) >= 11 is 0. The fourth-order valence-corrected chi connectivity index (χ4v) is 3.02. The molecule has 0 aliphatic carbocycles. The molecule has 0 saturated heterocycles. The van der Waals surface area contributed by atoms with Crippen LogP contribution in [0.25, 0.3) is 0 Å². The van der Waals surface area contributed by atoms with Gasteiger partial charge in [-0.2, -0.15) is 0 Å². The summed E-state index contributed by atoms with van der Waals surface area (Å²) in [5, 5.41) is 1.33. The summed E-state index contributed by atoms with van der Waals surface area (Å²) in [6.07, 6.45) is 9.51. The first kappa shape index (κ1) is 16.7. The minimum absolute atomic E-state index is 0.375. The lowest BCUT2D eigenvalue weighted by Crippen LogP contribution is -1.96. The van der Waals surface area contributed by atoms with Crippen molar-refractivity contribution in [3.63, 3.8) is 0 Å². The fraction of sp³-hybridized carbons (Fsp3) is 0.412. The molecule has 0 atom stereocenters. The third-order valence-electron chi connectivity index (χ3n) is 3.09. The van der Waals surface area contributed by atoms with E-state index in [-0.39, 0.29) is 0 Å². The number of allylic oxidation sites excluding steroid dienone is 2. The van der Waals surface area contributed by atoms with E-state index in [4.69, 9.17) is 0 Å². The van der Waals surface area contributed by atoms with Gasteiger partial charge in [-0.1, -0.05) is 37.6 Å². The van der Waals surface area contributed by atoms with Crippen molar-refractivity contribution in [1.82, 2.24) is 0 Å². The molecule has 3 heteroatoms. The van der Waals surface area contributed by atoms with Crippen LogP contribution < -0.4 is 0 Å². The van der Waals surface area contributed by atoms with Crippen LogP contribution in [0.5, 0.6) is 0 Å². The smallest absolute Gasteiger partial charge is 0.199 e. The molecular formula is C17H24O2S. The van der Waals surface area contributed by atoms with Crippen molar-refractivity contribution in [3.8, 4) is 0 Å². The number of hydrogen-bond acceptors (Lipinski definition) is 2. The highest BCUT2D eigenvalue weighted by Crippen LogP contribution is 2.15. The Labute approximate surface area is 123 Å². The van der Waals surface area contributed by atoms with Gasteiger partial charge in [-0.15, -0.1) is 6.58 Å². The van der Waals surface area contributed by atoms with Crippen molar-refractivity contribution in [2.24, 2.45) is 0 Å². The Morgan fingerprint density at radius 2 is 1.75 bits per heavy atom. The third-order valence-corrected chi connectivity index (χ3v) is 4.57. The molecule has 0 spiro atoms. The van der Waals surface area contributed by atoms with Crippen LogP contribution in [0.1, 0.15) is 44.6 Å². The molecule has 1 aromatic rings. The van der Waals surface area contributed by atoms with Gasteiger partial charge in [-0.05, 0) is 49.8 Å². The Hall–Kier alpha value is -1.35. The minimum atomic E-state index is -3.29. The Balaban J connectivity index is 2.59. The molecule has 0 aliphatic rings. The SMILES string of the molecule is C=CCCCCC=CS(=O)(=O)c1ccc(CCC)cc1. The van der Waals surface area contributed by atoms with Crippen molar-refractivity contribution in [1.29, 1.82) is 0 Å². The van der Waals surface area contributed by atoms with Crippen molar-refractivity contribution >= 4 is 9.84 Å². The predicted molar refractivity (Wildman–Crippen MR) is 85.4 cm³/mol. The molecule has 0 heterocycles. The van der Waals surface area contributed by atoms with Gasteiger partial charge in [0.2, 0.25) is 0 Å². The van der Waals surface area contributed by atoms with Crippen molar-refractivity contribution in [2.75, 3.05) is 0 Å². The lowest BCUT2D eigenvalue weighted by Gasteiger charge is -2.02. The second-order valence-corrected chi connectivity index (χ2v) is 6.72. The van der Waals surface area contributed by atoms with Gasteiger partial charge in [0.15, 0.2) is 9.84 Å². The lowest BCUT2D eigenvalue weighted by molar-refractivity contribution is 0.604. The standard InChI is InChI=1S/C17H24O2S/c1-3-5-6-7-8-9-15-20(18,19)17-13-11-16(10-4-2)12-14-17/h3,9,11-15H,1,4-8,10H2,2H3. The van der Waals surface area contributed by atoms with E-state index in [0.717, 1.165) is 38.5 Å². The van der Waals surface area contributed by atoms with Crippen LogP contribution in [0.3, 0.4) is 0 Å². The molecule has 20 heavy (non-hydrogen) atoms. The summed E-state index contributed by atoms with van der Waals surface area (Å²) < 4.78 is 24.2. The average Bonchev–Trinajstić information content (AvgIpc) is 2.44. The van der Waals surface area contributed by atoms with Crippen LogP contribution in [-0.4, -0.2) is 8.42 Å². The molecule has 1 rings (SSSR count). The van der Waals surface area contributed by atoms with E-state index in [0.29, 0.717) is 4.90 Å². The first-order chi connectivity index (χ1) is 9.60. The number of sulfone groups is 1. The van der Waals surface area contributed by atoms with Gasteiger partial charge in [0.05, 0.1) is 4.90 Å². The summed E-state index contributed by atoms with van der Waals surface area (Å²) in [6, 6.07) is 7.19. The molecule has 0 fully saturated rings. The van der Waals surface area contributed by atoms with E-state index in [1.54, 1.807) is 18.2 Å². The first-order valence-electron chi connectivity index (χ1n) is 7.21. The highest BCUT2D eigenvalue weighted by atomic mass is 32.2. The molecule has 0 amide bonds. The van der Waals surface area contributed by atoms with E-state index >= 15 is 0 Å². The number of hydrogen-bond donors (Lipinski definition) is 0. The van der Waals surface area contributed by atoms with E-state index in [1.807, 2.05) is 18.2 Å². The van der Waals surface area contributed by atoms with Gasteiger partial charge in [-0.25, -0.2) is 8.42 Å². The number of aryl methyl sites for hydroxylation is 1. The van der Waals surface area contributed by atoms with Crippen LogP contribution in [0.15, 0.2) is 53.3 Å². The number of benzene rings is 1. The first-order valence-corrected chi connectivity index (χ1v) is 8.76. The minimum Gasteiger partial charge on any atom is -0.219 e. The van der Waals surface area contributed by atoms with Gasteiger partial charge in [0.25, 0.3) is 0 Å². The average molecular weight is 292 g/mol. The molecule has 0 aromatic heterocycles. The fourth-order valence-electron chi connectivity index (χ4n) is 1.96. The van der Waals surface area contributed by atoms with Crippen molar-refractivity contribution in [2.45, 2.75) is 50.3 Å². The van der Waals surface area contributed by atoms with Crippen LogP contribution >= 0.6 is 0 Å². The highest BCUT2D eigenvalue weighted by Gasteiger charge is 2.09. The summed E-state index contributed by atoms with van der Waals surface area (Å²) in [5.41, 5.74) is 1.18. The normalized spacial score (nSPS) is 11.8. The Bertz CT molecular complexity index is 525. The maximum Gasteiger partial charge on any atom is 0.199 e. The molecule has 2 nitrogen and oxygen atoms in total. The van der Waals surface area contributed by atoms with E-state index in [2.05, 4.69) is 13.5 Å². The summed E-state index contributed by atoms with van der Waals surface area (Å²) in [6.45, 7) is 5.77. The topological polar surface area (TPSA) is 34.1 Å². The van der Waals surface area contributed by atoms with E-state index < -0.39 is 9.84 Å². The van der Waals surface area contributed by atoms with Crippen LogP contribution in [0, 0.1) is 0 Å². The second-order valence-electron chi connectivity index (χ2n) is 4.88. The maximum absolute atomic E-state index is 12.1. The Kier molecular flexibility index (Phi) is 7.31. The highest BCUT2D eigenvalue weighted by molar-refractivity contribution is 7.94. The molecule has 0 N–H and O–H groups in total. The molecule has 110 valence electrons. The van der Waals surface area contributed by atoms with Crippen molar-refractivity contribution < 1.29 is 8.42 Å². The zero-order valence-corrected chi connectivity index (χ0v) is 13.0. The number of rotatable bonds is 9. The van der Waals surface area contributed by atoms with Gasteiger partial charge in [0, 0.05) is 5.41 Å². The van der Waals surface area contributed by atoms with Gasteiger partial charge in [-0.3, -0.25) is 0 Å². The molecular weight excluding hydrogens is 268 g/mol. The zero-order chi connectivity index (χ0) is 14.8. The van der Waals surface area contributed by atoms with Crippen LogP contribution in [-0.2, 0) is 16.3 Å². The van der Waals surface area contributed by atoms with Gasteiger partial charge < -0.3 is 0 Å². The largest absolute Gasteiger partial charge is 0.219 e. The van der Waals surface area contributed by atoms with E-state index in [1.165, 1.54) is 11.0 Å². The van der Waals surface area contributed by atoms with Crippen molar-refractivity contribution in [3.05, 3.63) is 54.0 Å². The van der Waals surface area contributed by atoms with Crippen LogP contribution in [0.4, 0.5) is 0 Å². The molecule has 0 aliphatic heterocycles. The summed E-state index contributed by atoms with van der Waals surface area (Å²) in [5.74, 6) is 0. The van der Waals surface area contributed by atoms with Gasteiger partial charge in [0.1, 0.15) is 0 Å². The molecule has 0 unspecified atom stereocenters. The third kappa shape index (κ3) is 5.74. The second kappa shape index (κ2) is 8.75. The molecule has 0 bridgehead atoms. The van der Waals surface area contributed by atoms with Gasteiger partial charge >= 0.3 is 0 Å². The van der Waals surface area contributed by atoms with Crippen LogP contribution in [0.2, 0.25) is 0 Å². The lowest BCUT2D eigenvalue weighted by atomic mass is 10.1. The molecule has 0 saturated carbocycles. The zero-order valence-electron chi connectivity index (χ0n) is 12.2. The Morgan fingerprint density at radius 3 is 2.35 bits per heavy atom. The Morgan fingerprint density at radius 1 is 1.10 bits per heavy atom. The number of unbranched alkanes of at least 4 members (excludes halogenated alkanes) is 3.